The van der Waals surface area contributed by atoms with Gasteiger partial charge in [-0.1, -0.05) is 6.08 Å². The third-order valence-electron chi connectivity index (χ3n) is 1.71. The average Bonchev–Trinajstić information content (AvgIpc) is 2.16. The largest absolute Gasteiger partial charge is 0.280 e. The highest BCUT2D eigenvalue weighted by Gasteiger charge is 2.10. The van der Waals surface area contributed by atoms with Gasteiger partial charge >= 0.3 is 0 Å². The van der Waals surface area contributed by atoms with Crippen molar-refractivity contribution in [1.29, 1.82) is 0 Å². The van der Waals surface area contributed by atoms with E-state index in [9.17, 15) is 16.8 Å². The summed E-state index contributed by atoms with van der Waals surface area (Å²) < 4.78 is 46.8. The van der Waals surface area contributed by atoms with E-state index in [0.29, 0.717) is 0 Å². The van der Waals surface area contributed by atoms with Crippen LogP contribution in [0.25, 0.3) is 0 Å². The predicted molar refractivity (Wildman–Crippen MR) is 66.8 cm³/mol. The van der Waals surface area contributed by atoms with Crippen LogP contribution in [0.5, 0.6) is 0 Å². The molecular weight excluding hydrogens is 286 g/mol. The topological polar surface area (TPSA) is 80.3 Å². The Labute approximate surface area is 105 Å². The first-order valence-electron chi connectivity index (χ1n) is 4.45. The molecule has 5 nitrogen and oxygen atoms in total. The van der Waals surface area contributed by atoms with Gasteiger partial charge in [0.2, 0.25) is 0 Å². The van der Waals surface area contributed by atoms with Crippen LogP contribution in [0.4, 0.5) is 5.69 Å². The number of benzene rings is 1. The molecule has 1 rings (SSSR count). The van der Waals surface area contributed by atoms with Gasteiger partial charge in [0.1, 0.15) is 0 Å². The van der Waals surface area contributed by atoms with Crippen molar-refractivity contribution in [2.24, 2.45) is 0 Å². The Bertz CT molecular complexity index is 617. The molecule has 0 aliphatic rings. The molecule has 0 unspecified atom stereocenters. The lowest BCUT2D eigenvalue weighted by atomic mass is 10.3. The molecule has 94 valence electrons. The van der Waals surface area contributed by atoms with Crippen LogP contribution >= 0.6 is 10.7 Å². The fraction of sp³-hybridized carbons (Fsp3) is 0.111. The second kappa shape index (κ2) is 5.07. The molecule has 1 aromatic rings. The Balaban J connectivity index is 2.98. The minimum atomic E-state index is -3.79. The Morgan fingerprint density at radius 2 is 1.65 bits per heavy atom. The highest BCUT2D eigenvalue weighted by molar-refractivity contribution is 8.13. The van der Waals surface area contributed by atoms with Crippen molar-refractivity contribution < 1.29 is 16.8 Å². The average molecular weight is 296 g/mol. The van der Waals surface area contributed by atoms with Gasteiger partial charge in [-0.05, 0) is 31.2 Å². The number of allylic oxidation sites excluding steroid dienone is 1. The van der Waals surface area contributed by atoms with E-state index in [2.05, 4.69) is 4.72 Å². The van der Waals surface area contributed by atoms with Crippen molar-refractivity contribution >= 4 is 35.4 Å². The van der Waals surface area contributed by atoms with Gasteiger partial charge in [-0.15, -0.1) is 0 Å². The molecule has 0 fully saturated rings. The summed E-state index contributed by atoms with van der Waals surface area (Å²) in [6.45, 7) is 1.57. The van der Waals surface area contributed by atoms with Gasteiger partial charge in [-0.3, -0.25) is 4.72 Å². The molecule has 0 aliphatic carbocycles. The zero-order valence-electron chi connectivity index (χ0n) is 8.79. The Morgan fingerprint density at radius 3 is 2.06 bits per heavy atom. The molecule has 1 aromatic carbocycles. The molecule has 0 atom stereocenters. The Morgan fingerprint density at radius 1 is 1.12 bits per heavy atom. The number of hydrogen-bond acceptors (Lipinski definition) is 4. The molecule has 0 aliphatic heterocycles. The van der Waals surface area contributed by atoms with Crippen molar-refractivity contribution in [3.8, 4) is 0 Å². The van der Waals surface area contributed by atoms with Crippen LogP contribution in [-0.4, -0.2) is 16.8 Å². The van der Waals surface area contributed by atoms with E-state index in [4.69, 9.17) is 10.7 Å². The van der Waals surface area contributed by atoms with Crippen LogP contribution in [0.2, 0.25) is 0 Å². The molecule has 0 amide bonds. The molecule has 0 bridgehead atoms. The summed E-state index contributed by atoms with van der Waals surface area (Å²) in [6.07, 6.45) is 1.37. The molecule has 0 spiro atoms. The van der Waals surface area contributed by atoms with Crippen LogP contribution < -0.4 is 4.72 Å². The van der Waals surface area contributed by atoms with E-state index in [0.717, 1.165) is 5.41 Å². The van der Waals surface area contributed by atoms with Crippen LogP contribution in [-0.2, 0) is 19.1 Å². The summed E-state index contributed by atoms with van der Waals surface area (Å²) in [5.74, 6) is 0. The SMILES string of the molecule is CC=CS(=O)(=O)Nc1ccc(S(=O)(=O)Cl)cc1. The maximum Gasteiger partial charge on any atom is 0.261 e. The van der Waals surface area contributed by atoms with Gasteiger partial charge in [-0.25, -0.2) is 16.8 Å². The zero-order chi connectivity index (χ0) is 13.1. The molecule has 0 heterocycles. The van der Waals surface area contributed by atoms with Crippen molar-refractivity contribution in [2.75, 3.05) is 4.72 Å². The summed E-state index contributed by atoms with van der Waals surface area (Å²) >= 11 is 0. The quantitative estimate of drug-likeness (QED) is 0.860. The van der Waals surface area contributed by atoms with E-state index in [1.165, 1.54) is 30.3 Å². The normalized spacial score (nSPS) is 12.8. The first-order valence-corrected chi connectivity index (χ1v) is 8.30. The third-order valence-corrected chi connectivity index (χ3v) is 4.23. The van der Waals surface area contributed by atoms with Gasteiger partial charge in [0, 0.05) is 21.8 Å². The summed E-state index contributed by atoms with van der Waals surface area (Å²) in [5.41, 5.74) is 0.257. The monoisotopic (exact) mass is 295 g/mol. The molecule has 1 N–H and O–H groups in total. The van der Waals surface area contributed by atoms with Gasteiger partial charge in [0.25, 0.3) is 19.1 Å². The number of halogens is 1. The van der Waals surface area contributed by atoms with Crippen LogP contribution in [0.15, 0.2) is 40.6 Å². The maximum absolute atomic E-state index is 11.3. The van der Waals surface area contributed by atoms with Gasteiger partial charge in [0.05, 0.1) is 4.90 Å². The second-order valence-corrected chi connectivity index (χ2v) is 7.21. The van der Waals surface area contributed by atoms with Crippen molar-refractivity contribution in [3.05, 3.63) is 35.7 Å². The number of sulfonamides is 1. The Kier molecular flexibility index (Phi) is 4.18. The first-order chi connectivity index (χ1) is 7.74. The molecule has 17 heavy (non-hydrogen) atoms. The Hall–Kier alpha value is -1.05. The van der Waals surface area contributed by atoms with Gasteiger partial charge < -0.3 is 0 Å². The highest BCUT2D eigenvalue weighted by Crippen LogP contribution is 2.18. The van der Waals surface area contributed by atoms with Crippen molar-refractivity contribution in [3.63, 3.8) is 0 Å². The number of anilines is 1. The standard InChI is InChI=1S/C9H10ClNO4S2/c1-2-7-16(12,13)11-8-3-5-9(6-4-8)17(10,14)15/h2-7,11H,1H3. The highest BCUT2D eigenvalue weighted by atomic mass is 35.7. The van der Waals surface area contributed by atoms with E-state index >= 15 is 0 Å². The summed E-state index contributed by atoms with van der Waals surface area (Å²) in [6, 6.07) is 5.07. The van der Waals surface area contributed by atoms with Crippen molar-refractivity contribution in [2.45, 2.75) is 11.8 Å². The predicted octanol–water partition coefficient (Wildman–Crippen LogP) is 1.89. The van der Waals surface area contributed by atoms with E-state index in [1.807, 2.05) is 0 Å². The van der Waals surface area contributed by atoms with E-state index in [-0.39, 0.29) is 10.6 Å². The zero-order valence-corrected chi connectivity index (χ0v) is 11.2. The van der Waals surface area contributed by atoms with Crippen LogP contribution in [0.3, 0.4) is 0 Å². The molecular formula is C9H10ClNO4S2. The van der Waals surface area contributed by atoms with Gasteiger partial charge in [0.15, 0.2) is 0 Å². The molecule has 0 saturated carbocycles. The first kappa shape index (κ1) is 14.0. The molecule has 0 saturated heterocycles. The summed E-state index contributed by atoms with van der Waals surface area (Å²) in [5, 5.41) is 0.999. The summed E-state index contributed by atoms with van der Waals surface area (Å²) in [7, 11) is -2.22. The summed E-state index contributed by atoms with van der Waals surface area (Å²) in [4.78, 5) is -0.0897. The van der Waals surface area contributed by atoms with Crippen LogP contribution in [0, 0.1) is 0 Å². The van der Waals surface area contributed by atoms with Gasteiger partial charge in [-0.2, -0.15) is 0 Å². The lowest BCUT2D eigenvalue weighted by Gasteiger charge is -2.04. The minimum Gasteiger partial charge on any atom is -0.280 e. The molecule has 0 aromatic heterocycles. The number of hydrogen-bond donors (Lipinski definition) is 1. The fourth-order valence-corrected chi connectivity index (χ4v) is 2.72. The lowest BCUT2D eigenvalue weighted by molar-refractivity contribution is 0.608. The van der Waals surface area contributed by atoms with E-state index < -0.39 is 19.1 Å². The fourth-order valence-electron chi connectivity index (χ4n) is 1.06. The molecule has 8 heteroatoms. The smallest absolute Gasteiger partial charge is 0.261 e. The second-order valence-electron chi connectivity index (χ2n) is 3.08. The number of nitrogens with one attached hydrogen (secondary N) is 1. The maximum atomic E-state index is 11.3. The lowest BCUT2D eigenvalue weighted by Crippen LogP contribution is -2.08. The third kappa shape index (κ3) is 4.37. The number of rotatable bonds is 4. The molecule has 0 radical (unpaired) electrons. The van der Waals surface area contributed by atoms with E-state index in [1.54, 1.807) is 6.92 Å². The van der Waals surface area contributed by atoms with Crippen LogP contribution in [0.1, 0.15) is 6.92 Å². The minimum absolute atomic E-state index is 0.0897. The van der Waals surface area contributed by atoms with Crippen molar-refractivity contribution in [1.82, 2.24) is 0 Å².